The molecule has 1 aliphatic rings. The number of imidazole rings is 1. The van der Waals surface area contributed by atoms with Gasteiger partial charge in [-0.2, -0.15) is 0 Å². The van der Waals surface area contributed by atoms with Gasteiger partial charge in [-0.15, -0.1) is 0 Å². The predicted octanol–water partition coefficient (Wildman–Crippen LogP) is 2.87. The van der Waals surface area contributed by atoms with Crippen LogP contribution in [-0.4, -0.2) is 54.6 Å². The fourth-order valence-electron chi connectivity index (χ4n) is 3.82. The zero-order chi connectivity index (χ0) is 20.0. The lowest BCUT2D eigenvalue weighted by Crippen LogP contribution is -2.44. The molecule has 0 atom stereocenters. The second-order valence-electron chi connectivity index (χ2n) is 7.39. The lowest BCUT2D eigenvalue weighted by atomic mass is 10.1. The number of piperazine rings is 1. The molecular formula is C22H22N4O3. The highest BCUT2D eigenvalue weighted by Gasteiger charge is 2.17. The molecule has 4 aromatic rings. The van der Waals surface area contributed by atoms with E-state index in [0.29, 0.717) is 28.2 Å². The van der Waals surface area contributed by atoms with Gasteiger partial charge in [0.1, 0.15) is 5.58 Å². The number of hydrogen-bond acceptors (Lipinski definition) is 6. The van der Waals surface area contributed by atoms with E-state index >= 15 is 0 Å². The molecule has 7 nitrogen and oxygen atoms in total. The number of benzene rings is 1. The average Bonchev–Trinajstić information content (AvgIpc) is 3.17. The summed E-state index contributed by atoms with van der Waals surface area (Å²) in [6.07, 6.45) is 3.69. The number of methoxy groups -OCH3 is 1. The number of likely N-dealkylation sites (N-methyl/N-ethyl adjacent to an activating group) is 1. The number of anilines is 1. The van der Waals surface area contributed by atoms with Crippen molar-refractivity contribution in [3.05, 3.63) is 59.2 Å². The summed E-state index contributed by atoms with van der Waals surface area (Å²) in [5, 5.41) is 0.876. The van der Waals surface area contributed by atoms with E-state index in [0.717, 1.165) is 37.3 Å². The Bertz CT molecular complexity index is 1250. The third-order valence-electron chi connectivity index (χ3n) is 5.53. The summed E-state index contributed by atoms with van der Waals surface area (Å²) < 4.78 is 12.9. The largest absolute Gasteiger partial charge is 0.493 e. The molecule has 0 unspecified atom stereocenters. The molecule has 0 aliphatic carbocycles. The van der Waals surface area contributed by atoms with Gasteiger partial charge in [0.05, 0.1) is 18.4 Å². The molecule has 7 heteroatoms. The number of aromatic nitrogens is 2. The Hall–Kier alpha value is -3.32. The van der Waals surface area contributed by atoms with Crippen molar-refractivity contribution < 1.29 is 9.15 Å². The zero-order valence-corrected chi connectivity index (χ0v) is 16.5. The summed E-state index contributed by atoms with van der Waals surface area (Å²) in [5.41, 5.74) is 2.95. The second-order valence-corrected chi connectivity index (χ2v) is 7.39. The molecule has 1 aromatic carbocycles. The van der Waals surface area contributed by atoms with E-state index in [4.69, 9.17) is 9.15 Å². The van der Waals surface area contributed by atoms with Gasteiger partial charge in [0.15, 0.2) is 11.4 Å². The maximum atomic E-state index is 12.7. The van der Waals surface area contributed by atoms with Crippen molar-refractivity contribution in [3.8, 4) is 17.0 Å². The van der Waals surface area contributed by atoms with E-state index in [1.165, 1.54) is 0 Å². The quantitative estimate of drug-likeness (QED) is 0.501. The monoisotopic (exact) mass is 390 g/mol. The van der Waals surface area contributed by atoms with E-state index in [1.54, 1.807) is 7.11 Å². The van der Waals surface area contributed by atoms with Crippen molar-refractivity contribution >= 4 is 22.3 Å². The lowest BCUT2D eigenvalue weighted by Gasteiger charge is -2.34. The van der Waals surface area contributed by atoms with Crippen LogP contribution >= 0.6 is 0 Å². The molecule has 1 fully saturated rings. The van der Waals surface area contributed by atoms with Crippen molar-refractivity contribution in [2.24, 2.45) is 0 Å². The van der Waals surface area contributed by atoms with Gasteiger partial charge in [-0.1, -0.05) is 0 Å². The minimum absolute atomic E-state index is 0.393. The SMILES string of the molecule is COc1cccn2cc(-c3cc4ccc(N5CCN(C)CC5)cc4oc3=O)nc12. The van der Waals surface area contributed by atoms with E-state index in [9.17, 15) is 4.79 Å². The number of pyridine rings is 1. The molecule has 1 aliphatic heterocycles. The molecule has 0 bridgehead atoms. The molecule has 4 heterocycles. The lowest BCUT2D eigenvalue weighted by molar-refractivity contribution is 0.313. The summed E-state index contributed by atoms with van der Waals surface area (Å²) in [6.45, 7) is 3.98. The molecule has 0 N–H and O–H groups in total. The number of ether oxygens (including phenoxy) is 1. The van der Waals surface area contributed by atoms with Crippen LogP contribution in [-0.2, 0) is 0 Å². The maximum absolute atomic E-state index is 12.7. The van der Waals surface area contributed by atoms with Crippen LogP contribution in [0.5, 0.6) is 5.75 Å². The van der Waals surface area contributed by atoms with Crippen LogP contribution in [0.4, 0.5) is 5.69 Å². The molecule has 148 valence electrons. The number of rotatable bonds is 3. The van der Waals surface area contributed by atoms with Crippen LogP contribution in [0.1, 0.15) is 0 Å². The van der Waals surface area contributed by atoms with Gasteiger partial charge in [-0.25, -0.2) is 9.78 Å². The average molecular weight is 390 g/mol. The van der Waals surface area contributed by atoms with Gasteiger partial charge < -0.3 is 23.4 Å². The minimum atomic E-state index is -0.393. The molecule has 0 spiro atoms. The third-order valence-corrected chi connectivity index (χ3v) is 5.53. The molecule has 0 radical (unpaired) electrons. The standard InChI is InChI=1S/C22H22N4O3/c1-24-8-10-25(11-9-24)16-6-5-15-12-17(22(27)29-20(15)13-16)18-14-26-7-3-4-19(28-2)21(26)23-18/h3-7,12-14H,8-11H2,1-2H3. The van der Waals surface area contributed by atoms with Crippen molar-refractivity contribution in [1.29, 1.82) is 0 Å². The Balaban J connectivity index is 1.55. The van der Waals surface area contributed by atoms with Gasteiger partial charge in [0.2, 0.25) is 0 Å². The van der Waals surface area contributed by atoms with Crippen molar-refractivity contribution in [2.75, 3.05) is 45.2 Å². The highest BCUT2D eigenvalue weighted by molar-refractivity contribution is 5.84. The van der Waals surface area contributed by atoms with Crippen molar-refractivity contribution in [2.45, 2.75) is 0 Å². The van der Waals surface area contributed by atoms with Crippen LogP contribution in [0.15, 0.2) is 58.0 Å². The fourth-order valence-corrected chi connectivity index (χ4v) is 3.82. The van der Waals surface area contributed by atoms with Crippen LogP contribution < -0.4 is 15.3 Å². The van der Waals surface area contributed by atoms with Crippen LogP contribution in [0.3, 0.4) is 0 Å². The Labute approximate surface area is 167 Å². The Morgan fingerprint density at radius 1 is 1.10 bits per heavy atom. The summed E-state index contributed by atoms with van der Waals surface area (Å²) in [4.78, 5) is 21.9. The first-order valence-corrected chi connectivity index (χ1v) is 9.66. The predicted molar refractivity (Wildman–Crippen MR) is 113 cm³/mol. The topological polar surface area (TPSA) is 63.2 Å². The van der Waals surface area contributed by atoms with Crippen LogP contribution in [0, 0.1) is 0 Å². The molecule has 0 saturated carbocycles. The van der Waals surface area contributed by atoms with E-state index in [1.807, 2.05) is 47.1 Å². The highest BCUT2D eigenvalue weighted by atomic mass is 16.5. The summed E-state index contributed by atoms with van der Waals surface area (Å²) in [5.74, 6) is 0.653. The fraction of sp³-hybridized carbons (Fsp3) is 0.273. The molecule has 29 heavy (non-hydrogen) atoms. The van der Waals surface area contributed by atoms with E-state index in [-0.39, 0.29) is 0 Å². The van der Waals surface area contributed by atoms with Gasteiger partial charge >= 0.3 is 5.63 Å². The number of hydrogen-bond donors (Lipinski definition) is 0. The van der Waals surface area contributed by atoms with E-state index in [2.05, 4.69) is 27.9 Å². The summed E-state index contributed by atoms with van der Waals surface area (Å²) in [6, 6.07) is 11.6. The highest BCUT2D eigenvalue weighted by Crippen LogP contribution is 2.27. The van der Waals surface area contributed by atoms with Gasteiger partial charge in [-0.3, -0.25) is 0 Å². The van der Waals surface area contributed by atoms with Crippen molar-refractivity contribution in [1.82, 2.24) is 14.3 Å². The third kappa shape index (κ3) is 3.13. The van der Waals surface area contributed by atoms with Crippen molar-refractivity contribution in [3.63, 3.8) is 0 Å². The number of nitrogens with zero attached hydrogens (tertiary/aromatic N) is 4. The maximum Gasteiger partial charge on any atom is 0.345 e. The molecular weight excluding hydrogens is 368 g/mol. The van der Waals surface area contributed by atoms with Gasteiger partial charge in [-0.05, 0) is 37.4 Å². The molecule has 5 rings (SSSR count). The molecule has 3 aromatic heterocycles. The number of fused-ring (bicyclic) bond motifs is 2. The first-order valence-electron chi connectivity index (χ1n) is 9.66. The van der Waals surface area contributed by atoms with Gasteiger partial charge in [0.25, 0.3) is 0 Å². The zero-order valence-electron chi connectivity index (χ0n) is 16.5. The summed E-state index contributed by atoms with van der Waals surface area (Å²) >= 11 is 0. The smallest absolute Gasteiger partial charge is 0.345 e. The Morgan fingerprint density at radius 2 is 1.93 bits per heavy atom. The van der Waals surface area contributed by atoms with Gasteiger partial charge in [0, 0.05) is 55.7 Å². The van der Waals surface area contributed by atoms with Crippen LogP contribution in [0.25, 0.3) is 27.9 Å². The van der Waals surface area contributed by atoms with Crippen LogP contribution in [0.2, 0.25) is 0 Å². The Morgan fingerprint density at radius 3 is 2.72 bits per heavy atom. The van der Waals surface area contributed by atoms with E-state index < -0.39 is 5.63 Å². The first kappa shape index (κ1) is 17.8. The molecule has 0 amide bonds. The minimum Gasteiger partial charge on any atom is -0.493 e. The normalized spacial score (nSPS) is 15.3. The first-order chi connectivity index (χ1) is 14.1. The Kier molecular flexibility index (Phi) is 4.24. The summed E-state index contributed by atoms with van der Waals surface area (Å²) in [7, 11) is 3.74. The second kappa shape index (κ2) is 6.93. The molecule has 1 saturated heterocycles.